The van der Waals surface area contributed by atoms with Crippen molar-refractivity contribution < 1.29 is 4.42 Å². The second kappa shape index (κ2) is 2.34. The molecule has 2 N–H and O–H groups in total. The van der Waals surface area contributed by atoms with E-state index in [1.54, 1.807) is 6.20 Å². The van der Waals surface area contributed by atoms with Gasteiger partial charge in [0.05, 0.1) is 12.2 Å². The second-order valence-corrected chi connectivity index (χ2v) is 3.16. The van der Waals surface area contributed by atoms with Crippen molar-refractivity contribution in [2.24, 2.45) is 5.73 Å². The lowest BCUT2D eigenvalue weighted by molar-refractivity contribution is 0.435. The van der Waals surface area contributed by atoms with Crippen LogP contribution in [-0.2, 0) is 0 Å². The molecule has 1 saturated carbocycles. The minimum absolute atomic E-state index is 0.0324. The maximum absolute atomic E-state index is 5.61. The minimum Gasteiger partial charge on any atom is -0.444 e. The summed E-state index contributed by atoms with van der Waals surface area (Å²) in [5.74, 6) is 2.26. The number of nitrogens with two attached hydrogens (primary N) is 1. The fraction of sp³-hybridized carbons (Fsp3) is 0.625. The van der Waals surface area contributed by atoms with E-state index in [-0.39, 0.29) is 6.04 Å². The topological polar surface area (TPSA) is 52.0 Å². The zero-order valence-corrected chi connectivity index (χ0v) is 6.58. The normalized spacial score (nSPS) is 20.2. The van der Waals surface area contributed by atoms with Crippen LogP contribution in [0.5, 0.6) is 0 Å². The first-order valence-corrected chi connectivity index (χ1v) is 3.98. The van der Waals surface area contributed by atoms with Crippen LogP contribution >= 0.6 is 0 Å². The average Bonchev–Trinajstić information content (AvgIpc) is 2.68. The zero-order chi connectivity index (χ0) is 7.84. The fourth-order valence-electron chi connectivity index (χ4n) is 1.03. The zero-order valence-electron chi connectivity index (χ0n) is 6.58. The molecule has 1 aliphatic carbocycles. The monoisotopic (exact) mass is 152 g/mol. The Kier molecular flexibility index (Phi) is 1.46. The molecule has 1 aromatic rings. The lowest BCUT2D eigenvalue weighted by Crippen LogP contribution is -2.02. The van der Waals surface area contributed by atoms with Gasteiger partial charge in [0.15, 0.2) is 5.89 Å². The largest absolute Gasteiger partial charge is 0.444 e. The van der Waals surface area contributed by atoms with E-state index < -0.39 is 0 Å². The Balaban J connectivity index is 2.18. The Bertz CT molecular complexity index is 234. The predicted octanol–water partition coefficient (Wildman–Crippen LogP) is 1.57. The van der Waals surface area contributed by atoms with Crippen LogP contribution in [0.15, 0.2) is 10.6 Å². The van der Waals surface area contributed by atoms with Crippen LogP contribution in [0.1, 0.15) is 43.4 Å². The van der Waals surface area contributed by atoms with Crippen molar-refractivity contribution >= 4 is 0 Å². The van der Waals surface area contributed by atoms with Gasteiger partial charge in [-0.1, -0.05) is 0 Å². The molecule has 1 heterocycles. The predicted molar refractivity (Wildman–Crippen MR) is 41.1 cm³/mol. The molecular weight excluding hydrogens is 140 g/mol. The molecule has 1 aromatic heterocycles. The van der Waals surface area contributed by atoms with Crippen molar-refractivity contribution in [3.8, 4) is 0 Å². The number of rotatable bonds is 2. The Hall–Kier alpha value is -0.830. The van der Waals surface area contributed by atoms with Gasteiger partial charge < -0.3 is 10.2 Å². The van der Waals surface area contributed by atoms with Crippen LogP contribution in [0.2, 0.25) is 0 Å². The molecule has 1 unspecified atom stereocenters. The average molecular weight is 152 g/mol. The molecule has 2 rings (SSSR count). The van der Waals surface area contributed by atoms with E-state index in [2.05, 4.69) is 4.98 Å². The van der Waals surface area contributed by atoms with Crippen molar-refractivity contribution in [2.75, 3.05) is 0 Å². The van der Waals surface area contributed by atoms with E-state index in [0.717, 1.165) is 11.7 Å². The van der Waals surface area contributed by atoms with Crippen LogP contribution in [0.3, 0.4) is 0 Å². The molecule has 0 bridgehead atoms. The van der Waals surface area contributed by atoms with Crippen LogP contribution in [0, 0.1) is 0 Å². The third-order valence-corrected chi connectivity index (χ3v) is 1.92. The molecular formula is C8H12N2O. The highest BCUT2D eigenvalue weighted by Gasteiger charge is 2.28. The van der Waals surface area contributed by atoms with E-state index in [1.165, 1.54) is 12.8 Å². The van der Waals surface area contributed by atoms with Crippen LogP contribution in [-0.4, -0.2) is 4.98 Å². The quantitative estimate of drug-likeness (QED) is 0.699. The molecule has 3 nitrogen and oxygen atoms in total. The maximum atomic E-state index is 5.61. The van der Waals surface area contributed by atoms with E-state index in [4.69, 9.17) is 10.2 Å². The summed E-state index contributed by atoms with van der Waals surface area (Å²) in [5.41, 5.74) is 5.61. The van der Waals surface area contributed by atoms with Gasteiger partial charge in [0.2, 0.25) is 0 Å². The van der Waals surface area contributed by atoms with Gasteiger partial charge in [-0.15, -0.1) is 0 Å². The lowest BCUT2D eigenvalue weighted by atomic mass is 10.3. The number of hydrogen-bond donors (Lipinski definition) is 1. The van der Waals surface area contributed by atoms with Gasteiger partial charge in [0.25, 0.3) is 0 Å². The smallest absolute Gasteiger partial charge is 0.197 e. The van der Waals surface area contributed by atoms with Crippen LogP contribution in [0.25, 0.3) is 0 Å². The van der Waals surface area contributed by atoms with Crippen molar-refractivity contribution in [2.45, 2.75) is 31.7 Å². The Morgan fingerprint density at radius 3 is 2.91 bits per heavy atom. The van der Waals surface area contributed by atoms with Crippen molar-refractivity contribution in [3.05, 3.63) is 17.8 Å². The molecule has 1 fully saturated rings. The van der Waals surface area contributed by atoms with Crippen molar-refractivity contribution in [3.63, 3.8) is 0 Å². The van der Waals surface area contributed by atoms with E-state index in [9.17, 15) is 0 Å². The Labute approximate surface area is 65.6 Å². The van der Waals surface area contributed by atoms with Crippen LogP contribution in [0.4, 0.5) is 0 Å². The number of aromatic nitrogens is 1. The van der Waals surface area contributed by atoms with E-state index in [0.29, 0.717) is 5.92 Å². The summed E-state index contributed by atoms with van der Waals surface area (Å²) in [6.07, 6.45) is 4.18. The Morgan fingerprint density at radius 1 is 1.73 bits per heavy atom. The summed E-state index contributed by atoms with van der Waals surface area (Å²) < 4.78 is 5.43. The minimum atomic E-state index is -0.0324. The first-order chi connectivity index (χ1) is 5.27. The number of nitrogens with zero attached hydrogens (tertiary/aromatic N) is 1. The SMILES string of the molecule is CC(N)c1cnc(C2CC2)o1. The molecule has 0 aliphatic heterocycles. The third-order valence-electron chi connectivity index (χ3n) is 1.92. The molecule has 0 saturated heterocycles. The van der Waals surface area contributed by atoms with Gasteiger partial charge in [0, 0.05) is 5.92 Å². The lowest BCUT2D eigenvalue weighted by Gasteiger charge is -1.96. The highest BCUT2D eigenvalue weighted by atomic mass is 16.4. The summed E-state index contributed by atoms with van der Waals surface area (Å²) in [5, 5.41) is 0. The molecule has 0 amide bonds. The summed E-state index contributed by atoms with van der Waals surface area (Å²) in [7, 11) is 0. The molecule has 0 aromatic carbocycles. The standard InChI is InChI=1S/C8H12N2O/c1-5(9)7-4-10-8(11-7)6-2-3-6/h4-6H,2-3,9H2,1H3. The summed E-state index contributed by atoms with van der Waals surface area (Å²) in [6, 6.07) is -0.0324. The molecule has 0 spiro atoms. The van der Waals surface area contributed by atoms with Crippen molar-refractivity contribution in [1.82, 2.24) is 4.98 Å². The van der Waals surface area contributed by atoms with Crippen molar-refractivity contribution in [1.29, 1.82) is 0 Å². The maximum Gasteiger partial charge on any atom is 0.197 e. The van der Waals surface area contributed by atoms with E-state index in [1.807, 2.05) is 6.92 Å². The third kappa shape index (κ3) is 1.28. The first-order valence-electron chi connectivity index (χ1n) is 3.98. The summed E-state index contributed by atoms with van der Waals surface area (Å²) in [6.45, 7) is 1.90. The highest BCUT2D eigenvalue weighted by Crippen LogP contribution is 2.39. The molecule has 0 radical (unpaired) electrons. The van der Waals surface area contributed by atoms with Gasteiger partial charge in [0.1, 0.15) is 5.76 Å². The van der Waals surface area contributed by atoms with Gasteiger partial charge in [-0.3, -0.25) is 0 Å². The number of hydrogen-bond acceptors (Lipinski definition) is 3. The molecule has 1 aliphatic rings. The molecule has 1 atom stereocenters. The van der Waals surface area contributed by atoms with Gasteiger partial charge in [-0.05, 0) is 19.8 Å². The second-order valence-electron chi connectivity index (χ2n) is 3.16. The van der Waals surface area contributed by atoms with Gasteiger partial charge in [-0.25, -0.2) is 4.98 Å². The highest BCUT2D eigenvalue weighted by molar-refractivity contribution is 5.06. The summed E-state index contributed by atoms with van der Waals surface area (Å²) in [4.78, 5) is 4.15. The number of oxazole rings is 1. The van der Waals surface area contributed by atoms with Gasteiger partial charge in [-0.2, -0.15) is 0 Å². The fourth-order valence-corrected chi connectivity index (χ4v) is 1.03. The molecule has 60 valence electrons. The molecule has 3 heteroatoms. The first kappa shape index (κ1) is 6.85. The van der Waals surface area contributed by atoms with E-state index >= 15 is 0 Å². The summed E-state index contributed by atoms with van der Waals surface area (Å²) >= 11 is 0. The van der Waals surface area contributed by atoms with Crippen LogP contribution < -0.4 is 5.73 Å². The Morgan fingerprint density at radius 2 is 2.45 bits per heavy atom. The van der Waals surface area contributed by atoms with Gasteiger partial charge >= 0.3 is 0 Å². The molecule has 11 heavy (non-hydrogen) atoms.